The predicted octanol–water partition coefficient (Wildman–Crippen LogP) is 1.40. The minimum absolute atomic E-state index is 0.116. The van der Waals surface area contributed by atoms with Crippen molar-refractivity contribution in [3.63, 3.8) is 0 Å². The van der Waals surface area contributed by atoms with E-state index in [0.717, 1.165) is 12.8 Å². The topological polar surface area (TPSA) is 84.9 Å². The van der Waals surface area contributed by atoms with Crippen molar-refractivity contribution in [2.24, 2.45) is 5.41 Å². The Kier molecular flexibility index (Phi) is 7.82. The third kappa shape index (κ3) is 5.57. The van der Waals surface area contributed by atoms with Gasteiger partial charge in [-0.15, -0.1) is 0 Å². The van der Waals surface area contributed by atoms with E-state index < -0.39 is 23.6 Å². The molecule has 1 aliphatic rings. The number of carbonyl (C=O) groups is 2. The summed E-state index contributed by atoms with van der Waals surface area (Å²) in [5.74, 6) is -0.931. The summed E-state index contributed by atoms with van der Waals surface area (Å²) in [5.41, 5.74) is -0.825. The van der Waals surface area contributed by atoms with Crippen molar-refractivity contribution >= 4 is 11.9 Å². The van der Waals surface area contributed by atoms with E-state index in [4.69, 9.17) is 9.47 Å². The number of aliphatic hydroxyl groups is 1. The lowest BCUT2D eigenvalue weighted by atomic mass is 9.87. The molecule has 1 fully saturated rings. The van der Waals surface area contributed by atoms with E-state index in [1.54, 1.807) is 13.8 Å². The number of nitrogens with one attached hydrogen (secondary N) is 1. The summed E-state index contributed by atoms with van der Waals surface area (Å²) in [4.78, 5) is 24.1. The monoisotopic (exact) mass is 315 g/mol. The molecule has 1 heterocycles. The van der Waals surface area contributed by atoms with E-state index >= 15 is 0 Å². The number of unbranched alkanes of at least 4 members (excludes halogenated alkanes) is 4. The maximum Gasteiger partial charge on any atom is 0.337 e. The van der Waals surface area contributed by atoms with E-state index in [2.05, 4.69) is 12.2 Å². The van der Waals surface area contributed by atoms with Gasteiger partial charge in [0.15, 0.2) is 12.2 Å². The van der Waals surface area contributed by atoms with Crippen LogP contribution < -0.4 is 5.32 Å². The number of aliphatic hydroxyl groups excluding tert-OH is 1. The highest BCUT2D eigenvalue weighted by molar-refractivity contribution is 5.88. The van der Waals surface area contributed by atoms with E-state index in [-0.39, 0.29) is 19.1 Å². The fraction of sp³-hybridized carbons (Fsp3) is 0.875. The molecule has 0 radical (unpaired) electrons. The van der Waals surface area contributed by atoms with Gasteiger partial charge in [-0.1, -0.05) is 46.5 Å². The Hall–Kier alpha value is -1.14. The number of hydrogen-bond acceptors (Lipinski definition) is 5. The average molecular weight is 315 g/mol. The second-order valence-corrected chi connectivity index (χ2v) is 6.48. The highest BCUT2D eigenvalue weighted by Crippen LogP contribution is 2.25. The molecule has 0 saturated carbocycles. The average Bonchev–Trinajstić information content (AvgIpc) is 2.63. The molecule has 1 rings (SSSR count). The number of ether oxygens (including phenoxy) is 2. The molecule has 1 saturated heterocycles. The lowest BCUT2D eigenvalue weighted by molar-refractivity contribution is -0.170. The van der Waals surface area contributed by atoms with Crippen LogP contribution in [0.15, 0.2) is 0 Å². The molecule has 1 unspecified atom stereocenters. The standard InChI is InChI=1S/C16H29NO5/c1-4-5-6-7-8-9-21-12-10-17-14(19)13(22-15(12)20)16(2,3)11-18/h12-13,18H,4-11H2,1-3H3,(H,17,19)/t12?,13-/m0/s1. The first-order chi connectivity index (χ1) is 10.4. The molecule has 6 heteroatoms. The van der Waals surface area contributed by atoms with Crippen molar-refractivity contribution in [3.05, 3.63) is 0 Å². The fourth-order valence-corrected chi connectivity index (χ4v) is 2.27. The van der Waals surface area contributed by atoms with Crippen LogP contribution in [0.5, 0.6) is 0 Å². The van der Waals surface area contributed by atoms with E-state index in [1.165, 1.54) is 19.3 Å². The van der Waals surface area contributed by atoms with Gasteiger partial charge in [0.25, 0.3) is 5.91 Å². The van der Waals surface area contributed by atoms with Crippen LogP contribution in [-0.2, 0) is 19.1 Å². The minimum atomic E-state index is -0.997. The molecular weight excluding hydrogens is 286 g/mol. The minimum Gasteiger partial charge on any atom is -0.450 e. The van der Waals surface area contributed by atoms with Crippen LogP contribution in [0.4, 0.5) is 0 Å². The summed E-state index contributed by atoms with van der Waals surface area (Å²) >= 11 is 0. The van der Waals surface area contributed by atoms with Crippen molar-refractivity contribution in [1.82, 2.24) is 5.32 Å². The van der Waals surface area contributed by atoms with Gasteiger partial charge in [0, 0.05) is 12.0 Å². The first-order valence-corrected chi connectivity index (χ1v) is 8.13. The van der Waals surface area contributed by atoms with Gasteiger partial charge in [0.2, 0.25) is 0 Å². The number of cyclic esters (lactones) is 1. The van der Waals surface area contributed by atoms with Gasteiger partial charge in [0.1, 0.15) is 0 Å². The Morgan fingerprint density at radius 1 is 1.27 bits per heavy atom. The van der Waals surface area contributed by atoms with Crippen molar-refractivity contribution in [1.29, 1.82) is 0 Å². The molecule has 2 N–H and O–H groups in total. The van der Waals surface area contributed by atoms with Crippen LogP contribution in [0.1, 0.15) is 52.9 Å². The molecule has 0 aliphatic carbocycles. The van der Waals surface area contributed by atoms with E-state index in [1.807, 2.05) is 0 Å². The second kappa shape index (κ2) is 9.10. The molecule has 128 valence electrons. The molecule has 0 aromatic carbocycles. The van der Waals surface area contributed by atoms with Gasteiger partial charge < -0.3 is 19.9 Å². The van der Waals surface area contributed by atoms with Gasteiger partial charge in [-0.3, -0.25) is 4.79 Å². The maximum absolute atomic E-state index is 12.1. The summed E-state index contributed by atoms with van der Waals surface area (Å²) in [6.45, 7) is 5.86. The molecule has 6 nitrogen and oxygen atoms in total. The largest absolute Gasteiger partial charge is 0.450 e. The molecule has 2 atom stereocenters. The fourth-order valence-electron chi connectivity index (χ4n) is 2.27. The molecule has 1 amide bonds. The Labute approximate surface area is 132 Å². The number of rotatable bonds is 9. The summed E-state index contributed by atoms with van der Waals surface area (Å²) in [7, 11) is 0. The molecule has 0 aromatic rings. The molecule has 0 aromatic heterocycles. The lowest BCUT2D eigenvalue weighted by Crippen LogP contribution is -2.46. The van der Waals surface area contributed by atoms with Crippen molar-refractivity contribution in [3.8, 4) is 0 Å². The third-order valence-electron chi connectivity index (χ3n) is 3.88. The first kappa shape index (κ1) is 18.9. The number of amides is 1. The quantitative estimate of drug-likeness (QED) is 0.496. The zero-order valence-electron chi connectivity index (χ0n) is 13.9. The van der Waals surface area contributed by atoms with Gasteiger partial charge in [-0.2, -0.15) is 0 Å². The first-order valence-electron chi connectivity index (χ1n) is 8.13. The Balaban J connectivity index is 2.46. The van der Waals surface area contributed by atoms with Crippen molar-refractivity contribution < 1.29 is 24.2 Å². The van der Waals surface area contributed by atoms with Crippen LogP contribution in [0.25, 0.3) is 0 Å². The number of esters is 1. The number of hydrogen-bond donors (Lipinski definition) is 2. The van der Waals surface area contributed by atoms with E-state index in [9.17, 15) is 14.7 Å². The molecule has 1 aliphatic heterocycles. The Morgan fingerprint density at radius 2 is 1.95 bits per heavy atom. The smallest absolute Gasteiger partial charge is 0.337 e. The maximum atomic E-state index is 12.1. The SMILES string of the molecule is CCCCCCCOC1CNC(=O)[C@@H](C(C)(C)CO)OC1=O. The third-order valence-corrected chi connectivity index (χ3v) is 3.88. The van der Waals surface area contributed by atoms with Crippen LogP contribution in [0, 0.1) is 5.41 Å². The Bertz CT molecular complexity index is 370. The van der Waals surface area contributed by atoms with Gasteiger partial charge >= 0.3 is 5.97 Å². The zero-order valence-corrected chi connectivity index (χ0v) is 13.9. The van der Waals surface area contributed by atoms with Crippen LogP contribution >= 0.6 is 0 Å². The van der Waals surface area contributed by atoms with Crippen molar-refractivity contribution in [2.45, 2.75) is 65.1 Å². The van der Waals surface area contributed by atoms with Gasteiger partial charge in [-0.05, 0) is 6.42 Å². The highest BCUT2D eigenvalue weighted by Gasteiger charge is 2.42. The van der Waals surface area contributed by atoms with Crippen LogP contribution in [0.2, 0.25) is 0 Å². The van der Waals surface area contributed by atoms with E-state index in [0.29, 0.717) is 6.61 Å². The molecular formula is C16H29NO5. The molecule has 22 heavy (non-hydrogen) atoms. The van der Waals surface area contributed by atoms with Crippen molar-refractivity contribution in [2.75, 3.05) is 19.8 Å². The normalized spacial score (nSPS) is 22.9. The van der Waals surface area contributed by atoms with Gasteiger partial charge in [0.05, 0.1) is 13.2 Å². The van der Waals surface area contributed by atoms with Crippen LogP contribution in [-0.4, -0.2) is 48.9 Å². The second-order valence-electron chi connectivity index (χ2n) is 6.48. The molecule has 0 bridgehead atoms. The zero-order chi connectivity index (χ0) is 16.6. The molecule has 0 spiro atoms. The van der Waals surface area contributed by atoms with Crippen LogP contribution in [0.3, 0.4) is 0 Å². The number of carbonyl (C=O) groups excluding carboxylic acids is 2. The van der Waals surface area contributed by atoms with Gasteiger partial charge in [-0.25, -0.2) is 4.79 Å². The highest BCUT2D eigenvalue weighted by atomic mass is 16.6. The summed E-state index contributed by atoms with van der Waals surface area (Å²) in [5, 5.41) is 12.0. The summed E-state index contributed by atoms with van der Waals surface area (Å²) in [6, 6.07) is 0. The summed E-state index contributed by atoms with van der Waals surface area (Å²) in [6.07, 6.45) is 3.76. The summed E-state index contributed by atoms with van der Waals surface area (Å²) < 4.78 is 10.8. The predicted molar refractivity (Wildman–Crippen MR) is 82.3 cm³/mol. The lowest BCUT2D eigenvalue weighted by Gasteiger charge is -2.29. The Morgan fingerprint density at radius 3 is 2.59 bits per heavy atom.